The summed E-state index contributed by atoms with van der Waals surface area (Å²) in [6, 6.07) is 0. The van der Waals surface area contributed by atoms with E-state index in [9.17, 15) is 9.59 Å². The second kappa shape index (κ2) is 4.78. The molecule has 0 aromatic rings. The Morgan fingerprint density at radius 2 is 1.73 bits per heavy atom. The monoisotopic (exact) mass is 298 g/mol. The normalized spacial score (nSPS) is 33.7. The number of rotatable bonds is 1. The van der Waals surface area contributed by atoms with Gasteiger partial charge in [-0.2, -0.15) is 0 Å². The molecule has 22 heavy (non-hydrogen) atoms. The van der Waals surface area contributed by atoms with Crippen molar-refractivity contribution in [1.29, 1.82) is 0 Å². The highest BCUT2D eigenvalue weighted by Gasteiger charge is 2.54. The Hall–Kier alpha value is -1.44. The van der Waals surface area contributed by atoms with E-state index in [-0.39, 0.29) is 34.2 Å². The summed E-state index contributed by atoms with van der Waals surface area (Å²) in [5.41, 5.74) is 2.69. The molecule has 2 nitrogen and oxygen atoms in total. The number of allylic oxidation sites excluding steroid dienone is 6. The maximum absolute atomic E-state index is 12.8. The minimum atomic E-state index is -0.197. The molecule has 0 heterocycles. The predicted octanol–water partition coefficient (Wildman–Crippen LogP) is 4.42. The SMILES string of the molecule is CC(C)C1=CC2=CC(=O)[C@H]3C(C)(C)CCC[C@]3(C)C2=CC1=O. The van der Waals surface area contributed by atoms with E-state index in [0.717, 1.165) is 36.0 Å². The zero-order valence-corrected chi connectivity index (χ0v) is 14.3. The molecule has 3 aliphatic rings. The topological polar surface area (TPSA) is 34.1 Å². The fraction of sp³-hybridized carbons (Fsp3) is 0.600. The van der Waals surface area contributed by atoms with Crippen LogP contribution in [0.5, 0.6) is 0 Å². The molecule has 118 valence electrons. The van der Waals surface area contributed by atoms with Gasteiger partial charge in [-0.25, -0.2) is 0 Å². The van der Waals surface area contributed by atoms with Gasteiger partial charge in [-0.1, -0.05) is 41.0 Å². The van der Waals surface area contributed by atoms with Gasteiger partial charge in [0.25, 0.3) is 0 Å². The van der Waals surface area contributed by atoms with E-state index in [4.69, 9.17) is 0 Å². The van der Waals surface area contributed by atoms with Gasteiger partial charge in [-0.3, -0.25) is 9.59 Å². The Morgan fingerprint density at radius 3 is 2.36 bits per heavy atom. The van der Waals surface area contributed by atoms with Gasteiger partial charge in [-0.15, -0.1) is 0 Å². The van der Waals surface area contributed by atoms with E-state index < -0.39 is 0 Å². The van der Waals surface area contributed by atoms with Crippen LogP contribution in [0.2, 0.25) is 0 Å². The van der Waals surface area contributed by atoms with Gasteiger partial charge in [0.1, 0.15) is 0 Å². The summed E-state index contributed by atoms with van der Waals surface area (Å²) in [7, 11) is 0. The molecule has 0 aromatic carbocycles. The second-order valence-corrected chi connectivity index (χ2v) is 8.37. The molecule has 0 unspecified atom stereocenters. The first-order valence-corrected chi connectivity index (χ1v) is 8.41. The van der Waals surface area contributed by atoms with Crippen LogP contribution in [0.4, 0.5) is 0 Å². The molecule has 0 amide bonds. The maximum atomic E-state index is 12.8. The van der Waals surface area contributed by atoms with Crippen LogP contribution in [0.15, 0.2) is 34.9 Å². The molecule has 0 spiro atoms. The molecular formula is C20H26O2. The molecule has 3 aliphatic carbocycles. The zero-order chi connectivity index (χ0) is 16.3. The van der Waals surface area contributed by atoms with Gasteiger partial charge in [0.15, 0.2) is 11.6 Å². The summed E-state index contributed by atoms with van der Waals surface area (Å²) in [6.07, 6.45) is 8.77. The first-order valence-electron chi connectivity index (χ1n) is 8.41. The first-order chi connectivity index (χ1) is 10.2. The van der Waals surface area contributed by atoms with Crippen LogP contribution >= 0.6 is 0 Å². The Morgan fingerprint density at radius 1 is 1.05 bits per heavy atom. The van der Waals surface area contributed by atoms with E-state index in [0.29, 0.717) is 0 Å². The molecule has 0 saturated heterocycles. The van der Waals surface area contributed by atoms with Crippen molar-refractivity contribution in [3.63, 3.8) is 0 Å². The first kappa shape index (κ1) is 15.5. The summed E-state index contributed by atoms with van der Waals surface area (Å²) in [6.45, 7) is 10.7. The lowest BCUT2D eigenvalue weighted by molar-refractivity contribution is -0.130. The molecule has 3 rings (SSSR count). The second-order valence-electron chi connectivity index (χ2n) is 8.37. The molecule has 1 fully saturated rings. The number of carbonyl (C=O) groups excluding carboxylic acids is 2. The van der Waals surface area contributed by atoms with Crippen LogP contribution in [0.1, 0.15) is 53.9 Å². The van der Waals surface area contributed by atoms with E-state index in [1.54, 1.807) is 6.08 Å². The highest BCUT2D eigenvalue weighted by molar-refractivity contribution is 6.09. The molecular weight excluding hydrogens is 272 g/mol. The smallest absolute Gasteiger partial charge is 0.182 e. The molecule has 0 aromatic heterocycles. The van der Waals surface area contributed by atoms with Crippen molar-refractivity contribution in [3.05, 3.63) is 34.9 Å². The minimum absolute atomic E-state index is 0.00194. The van der Waals surface area contributed by atoms with E-state index in [1.165, 1.54) is 0 Å². The third kappa shape index (κ3) is 2.07. The van der Waals surface area contributed by atoms with Crippen molar-refractivity contribution in [2.24, 2.45) is 22.7 Å². The van der Waals surface area contributed by atoms with Crippen LogP contribution in [0.3, 0.4) is 0 Å². The summed E-state index contributed by atoms with van der Waals surface area (Å²) in [5, 5.41) is 0. The van der Waals surface area contributed by atoms with Crippen molar-refractivity contribution in [2.45, 2.75) is 53.9 Å². The van der Waals surface area contributed by atoms with Crippen molar-refractivity contribution in [1.82, 2.24) is 0 Å². The molecule has 0 radical (unpaired) electrons. The summed E-state index contributed by atoms with van der Waals surface area (Å²) >= 11 is 0. The molecule has 1 saturated carbocycles. The summed E-state index contributed by atoms with van der Waals surface area (Å²) in [5.74, 6) is 0.549. The van der Waals surface area contributed by atoms with Crippen LogP contribution in [0.25, 0.3) is 0 Å². The van der Waals surface area contributed by atoms with Gasteiger partial charge in [0.05, 0.1) is 0 Å². The van der Waals surface area contributed by atoms with Crippen molar-refractivity contribution in [3.8, 4) is 0 Å². The molecule has 2 atom stereocenters. The minimum Gasteiger partial charge on any atom is -0.294 e. The lowest BCUT2D eigenvalue weighted by Gasteiger charge is -2.53. The quantitative estimate of drug-likeness (QED) is 0.718. The van der Waals surface area contributed by atoms with Crippen molar-refractivity contribution < 1.29 is 9.59 Å². The fourth-order valence-electron chi connectivity index (χ4n) is 4.97. The number of hydrogen-bond acceptors (Lipinski definition) is 2. The average molecular weight is 298 g/mol. The van der Waals surface area contributed by atoms with Crippen molar-refractivity contribution >= 4 is 11.6 Å². The molecule has 2 heteroatoms. The fourth-order valence-corrected chi connectivity index (χ4v) is 4.97. The van der Waals surface area contributed by atoms with E-state index >= 15 is 0 Å². The largest absolute Gasteiger partial charge is 0.294 e. The van der Waals surface area contributed by atoms with Gasteiger partial charge in [0, 0.05) is 16.9 Å². The Labute approximate surface area is 133 Å². The van der Waals surface area contributed by atoms with E-state index in [1.807, 2.05) is 26.0 Å². The van der Waals surface area contributed by atoms with Crippen LogP contribution in [-0.4, -0.2) is 11.6 Å². The lowest BCUT2D eigenvalue weighted by atomic mass is 9.49. The standard InChI is InChI=1S/C20H26O2/c1-12(2)14-9-13-10-17(22)18-19(3,4)7-6-8-20(18,5)15(13)11-16(14)21/h9-12,18H,6-8H2,1-5H3/t18-,20+/m0/s1. The molecule has 0 aliphatic heterocycles. The Balaban J connectivity index is 2.16. The third-order valence-corrected chi connectivity index (χ3v) is 5.94. The number of fused-ring (bicyclic) bond motifs is 3. The average Bonchev–Trinajstić information content (AvgIpc) is 2.37. The Bertz CT molecular complexity index is 643. The van der Waals surface area contributed by atoms with Crippen LogP contribution in [-0.2, 0) is 9.59 Å². The Kier molecular flexibility index (Phi) is 3.36. The highest BCUT2D eigenvalue weighted by atomic mass is 16.1. The summed E-state index contributed by atoms with van der Waals surface area (Å²) < 4.78 is 0. The number of hydrogen-bond donors (Lipinski definition) is 0. The summed E-state index contributed by atoms with van der Waals surface area (Å²) in [4.78, 5) is 25.3. The van der Waals surface area contributed by atoms with Crippen LogP contribution in [0, 0.1) is 22.7 Å². The van der Waals surface area contributed by atoms with Gasteiger partial charge < -0.3 is 0 Å². The third-order valence-electron chi connectivity index (χ3n) is 5.94. The molecule has 0 N–H and O–H groups in total. The van der Waals surface area contributed by atoms with E-state index in [2.05, 4.69) is 20.8 Å². The zero-order valence-electron chi connectivity index (χ0n) is 14.3. The van der Waals surface area contributed by atoms with Crippen LogP contribution < -0.4 is 0 Å². The van der Waals surface area contributed by atoms with Gasteiger partial charge in [0.2, 0.25) is 0 Å². The lowest BCUT2D eigenvalue weighted by Crippen LogP contribution is -2.50. The number of ketones is 2. The van der Waals surface area contributed by atoms with Gasteiger partial charge in [-0.05, 0) is 53.5 Å². The predicted molar refractivity (Wildman–Crippen MR) is 88.3 cm³/mol. The molecule has 0 bridgehead atoms. The highest BCUT2D eigenvalue weighted by Crippen LogP contribution is 2.59. The van der Waals surface area contributed by atoms with Crippen molar-refractivity contribution in [2.75, 3.05) is 0 Å². The maximum Gasteiger partial charge on any atom is 0.182 e. The van der Waals surface area contributed by atoms with Gasteiger partial charge >= 0.3 is 0 Å². The number of carbonyl (C=O) groups is 2.